The quantitative estimate of drug-likeness (QED) is 0.415. The van der Waals surface area contributed by atoms with Crippen LogP contribution in [0.4, 0.5) is 5.13 Å². The third-order valence-corrected chi connectivity index (χ3v) is 7.94. The van der Waals surface area contributed by atoms with Crippen molar-refractivity contribution >= 4 is 42.4 Å². The highest BCUT2D eigenvalue weighted by Crippen LogP contribution is 2.32. The summed E-state index contributed by atoms with van der Waals surface area (Å²) in [7, 11) is -3.80. The topological polar surface area (TPSA) is 80.2 Å². The van der Waals surface area contributed by atoms with Crippen molar-refractivity contribution in [2.75, 3.05) is 10.7 Å². The minimum absolute atomic E-state index is 0.133. The third-order valence-electron chi connectivity index (χ3n) is 5.28. The number of amides is 1. The van der Waals surface area contributed by atoms with Crippen molar-refractivity contribution in [3.8, 4) is 0 Å². The number of fused-ring (bicyclic) bond motifs is 1. The van der Waals surface area contributed by atoms with Crippen molar-refractivity contribution in [3.05, 3.63) is 83.2 Å². The molecule has 0 unspecified atom stereocenters. The summed E-state index contributed by atoms with van der Waals surface area (Å²) in [6.07, 6.45) is 3.32. The number of hydrogen-bond acceptors (Lipinski definition) is 6. The molecule has 0 N–H and O–H groups in total. The van der Waals surface area contributed by atoms with Crippen molar-refractivity contribution in [2.24, 2.45) is 0 Å². The second-order valence-electron chi connectivity index (χ2n) is 7.81. The number of aryl methyl sites for hydroxylation is 3. The summed E-state index contributed by atoms with van der Waals surface area (Å²) in [5.41, 5.74) is 4.79. The smallest absolute Gasteiger partial charge is 0.244 e. The van der Waals surface area contributed by atoms with E-state index in [1.54, 1.807) is 30.6 Å². The van der Waals surface area contributed by atoms with E-state index in [-0.39, 0.29) is 11.4 Å². The van der Waals surface area contributed by atoms with Gasteiger partial charge < -0.3 is 0 Å². The van der Waals surface area contributed by atoms with Crippen molar-refractivity contribution in [3.63, 3.8) is 0 Å². The van der Waals surface area contributed by atoms with E-state index in [0.717, 1.165) is 32.5 Å². The first kappa shape index (κ1) is 22.1. The predicted molar refractivity (Wildman–Crippen MR) is 128 cm³/mol. The molecule has 0 aliphatic carbocycles. The first-order valence-electron chi connectivity index (χ1n) is 10.1. The van der Waals surface area contributed by atoms with E-state index < -0.39 is 21.5 Å². The van der Waals surface area contributed by atoms with Gasteiger partial charge in [0.15, 0.2) is 15.0 Å². The lowest BCUT2D eigenvalue weighted by Crippen LogP contribution is -2.35. The molecule has 164 valence electrons. The highest BCUT2D eigenvalue weighted by Gasteiger charge is 2.27. The van der Waals surface area contributed by atoms with E-state index in [1.165, 1.54) is 28.4 Å². The van der Waals surface area contributed by atoms with Gasteiger partial charge in [-0.05, 0) is 67.8 Å². The molecule has 4 aromatic rings. The highest BCUT2D eigenvalue weighted by molar-refractivity contribution is 7.92. The van der Waals surface area contributed by atoms with Gasteiger partial charge >= 0.3 is 0 Å². The molecule has 0 aliphatic rings. The zero-order chi connectivity index (χ0) is 22.9. The number of carbonyl (C=O) groups excluding carboxylic acids is 1. The maximum Gasteiger partial charge on any atom is 0.244 e. The lowest BCUT2D eigenvalue weighted by Gasteiger charge is -2.20. The Morgan fingerprint density at radius 2 is 1.75 bits per heavy atom. The van der Waals surface area contributed by atoms with Gasteiger partial charge in [0.2, 0.25) is 5.91 Å². The van der Waals surface area contributed by atoms with Crippen molar-refractivity contribution < 1.29 is 13.2 Å². The fraction of sp³-hybridized carbons (Fsp3) is 0.208. The number of aromatic nitrogens is 2. The molecule has 4 rings (SSSR count). The standard InChI is InChI=1S/C24H23N3O3S2/c1-16-6-8-20(9-7-16)32(29,30)15-23(28)27(14-19-5-4-10-25-13-19)24-26-21-11-17(2)18(3)12-22(21)31-24/h4-13H,14-15H2,1-3H3. The molecule has 0 bridgehead atoms. The molecule has 32 heavy (non-hydrogen) atoms. The Balaban J connectivity index is 1.70. The van der Waals surface area contributed by atoms with Gasteiger partial charge in [0.1, 0.15) is 5.75 Å². The Hall–Kier alpha value is -3.10. The number of thiazole rings is 1. The number of sulfone groups is 1. The van der Waals surface area contributed by atoms with Gasteiger partial charge in [0.05, 0.1) is 21.7 Å². The Labute approximate surface area is 191 Å². The summed E-state index contributed by atoms with van der Waals surface area (Å²) < 4.78 is 26.8. The summed E-state index contributed by atoms with van der Waals surface area (Å²) in [6.45, 7) is 6.11. The van der Waals surface area contributed by atoms with E-state index in [9.17, 15) is 13.2 Å². The molecule has 0 saturated heterocycles. The molecule has 0 aliphatic heterocycles. The number of anilines is 1. The van der Waals surface area contributed by atoms with Gasteiger partial charge in [0, 0.05) is 12.4 Å². The summed E-state index contributed by atoms with van der Waals surface area (Å²) in [5.74, 6) is -1.16. The van der Waals surface area contributed by atoms with Gasteiger partial charge in [-0.15, -0.1) is 0 Å². The number of rotatable bonds is 6. The molecule has 2 heterocycles. The van der Waals surface area contributed by atoms with Gasteiger partial charge in [0.25, 0.3) is 0 Å². The van der Waals surface area contributed by atoms with E-state index in [0.29, 0.717) is 5.13 Å². The molecular weight excluding hydrogens is 442 g/mol. The first-order valence-corrected chi connectivity index (χ1v) is 12.6. The van der Waals surface area contributed by atoms with Crippen LogP contribution in [0.3, 0.4) is 0 Å². The molecule has 0 saturated carbocycles. The number of nitrogens with zero attached hydrogens (tertiary/aromatic N) is 3. The molecule has 2 aromatic carbocycles. The fourth-order valence-corrected chi connectivity index (χ4v) is 5.55. The van der Waals surface area contributed by atoms with Crippen LogP contribution in [0.5, 0.6) is 0 Å². The van der Waals surface area contributed by atoms with Crippen molar-refractivity contribution in [1.82, 2.24) is 9.97 Å². The SMILES string of the molecule is Cc1ccc(S(=O)(=O)CC(=O)N(Cc2cccnc2)c2nc3cc(C)c(C)cc3s2)cc1. The van der Waals surface area contributed by atoms with Crippen LogP contribution in [0.1, 0.15) is 22.3 Å². The van der Waals surface area contributed by atoms with Gasteiger partial charge in [-0.25, -0.2) is 13.4 Å². The number of pyridine rings is 1. The van der Waals surface area contributed by atoms with E-state index >= 15 is 0 Å². The van der Waals surface area contributed by atoms with Crippen LogP contribution in [-0.4, -0.2) is 30.0 Å². The predicted octanol–water partition coefficient (Wildman–Crippen LogP) is 4.62. The molecule has 1 amide bonds. The molecule has 0 fully saturated rings. The van der Waals surface area contributed by atoms with Crippen LogP contribution in [0, 0.1) is 20.8 Å². The maximum atomic E-state index is 13.3. The van der Waals surface area contributed by atoms with Crippen LogP contribution < -0.4 is 4.90 Å². The van der Waals surface area contributed by atoms with Gasteiger partial charge in [-0.2, -0.15) is 0 Å². The molecule has 0 radical (unpaired) electrons. The molecule has 0 atom stereocenters. The molecular formula is C24H23N3O3S2. The van der Waals surface area contributed by atoms with Crippen LogP contribution in [0.15, 0.2) is 65.8 Å². The highest BCUT2D eigenvalue weighted by atomic mass is 32.2. The summed E-state index contributed by atoms with van der Waals surface area (Å²) in [4.78, 5) is 23.7. The zero-order valence-corrected chi connectivity index (χ0v) is 19.7. The van der Waals surface area contributed by atoms with E-state index in [4.69, 9.17) is 0 Å². The van der Waals surface area contributed by atoms with Crippen molar-refractivity contribution in [1.29, 1.82) is 0 Å². The second-order valence-corrected chi connectivity index (χ2v) is 10.8. The zero-order valence-electron chi connectivity index (χ0n) is 18.1. The maximum absolute atomic E-state index is 13.3. The third kappa shape index (κ3) is 4.71. The van der Waals surface area contributed by atoms with Crippen LogP contribution in [-0.2, 0) is 21.2 Å². The van der Waals surface area contributed by atoms with Crippen LogP contribution in [0.25, 0.3) is 10.2 Å². The normalized spacial score (nSPS) is 11.6. The Bertz CT molecular complexity index is 1340. The summed E-state index contributed by atoms with van der Waals surface area (Å²) in [5, 5.41) is 0.470. The average Bonchev–Trinajstić information content (AvgIpc) is 3.15. The molecule has 6 nitrogen and oxygen atoms in total. The van der Waals surface area contributed by atoms with E-state index in [1.807, 2.05) is 39.0 Å². The minimum Gasteiger partial charge on any atom is -0.283 e. The number of hydrogen-bond donors (Lipinski definition) is 0. The first-order chi connectivity index (χ1) is 15.2. The number of benzene rings is 2. The lowest BCUT2D eigenvalue weighted by atomic mass is 10.1. The van der Waals surface area contributed by atoms with Crippen molar-refractivity contribution in [2.45, 2.75) is 32.2 Å². The number of carbonyl (C=O) groups is 1. The van der Waals surface area contributed by atoms with Crippen LogP contribution >= 0.6 is 11.3 Å². The van der Waals surface area contributed by atoms with Crippen LogP contribution in [0.2, 0.25) is 0 Å². The molecule has 2 aromatic heterocycles. The lowest BCUT2D eigenvalue weighted by molar-refractivity contribution is -0.116. The summed E-state index contributed by atoms with van der Waals surface area (Å²) >= 11 is 1.38. The largest absolute Gasteiger partial charge is 0.283 e. The molecule has 0 spiro atoms. The Kier molecular flexibility index (Phi) is 6.08. The fourth-order valence-electron chi connectivity index (χ4n) is 3.29. The summed E-state index contributed by atoms with van der Waals surface area (Å²) in [6, 6.07) is 14.2. The van der Waals surface area contributed by atoms with Gasteiger partial charge in [-0.1, -0.05) is 35.1 Å². The molecule has 8 heteroatoms. The van der Waals surface area contributed by atoms with E-state index in [2.05, 4.69) is 9.97 Å². The second kappa shape index (κ2) is 8.80. The Morgan fingerprint density at radius 1 is 1.03 bits per heavy atom. The monoisotopic (exact) mass is 465 g/mol. The van der Waals surface area contributed by atoms with Gasteiger partial charge in [-0.3, -0.25) is 14.7 Å². The minimum atomic E-state index is -3.80. The average molecular weight is 466 g/mol. The Morgan fingerprint density at radius 3 is 2.44 bits per heavy atom.